The lowest BCUT2D eigenvalue weighted by molar-refractivity contribution is 0.561. The third-order valence-electron chi connectivity index (χ3n) is 2.36. The third-order valence-corrected chi connectivity index (χ3v) is 3.21. The van der Waals surface area contributed by atoms with Gasteiger partial charge in [0.05, 0.1) is 5.75 Å². The predicted molar refractivity (Wildman–Crippen MR) is 65.5 cm³/mol. The van der Waals surface area contributed by atoms with Crippen LogP contribution >= 0.6 is 0 Å². The SMILES string of the molecule is CC(NCCCS(N)(=O)=O)c1ccccc1. The Balaban J connectivity index is 2.29. The summed E-state index contributed by atoms with van der Waals surface area (Å²) in [6.07, 6.45) is 0.538. The zero-order valence-electron chi connectivity index (χ0n) is 9.39. The molecule has 0 saturated heterocycles. The molecule has 0 aromatic heterocycles. The van der Waals surface area contributed by atoms with Crippen molar-refractivity contribution in [3.63, 3.8) is 0 Å². The minimum atomic E-state index is -3.33. The summed E-state index contributed by atoms with van der Waals surface area (Å²) in [4.78, 5) is 0. The highest BCUT2D eigenvalue weighted by Crippen LogP contribution is 2.10. The molecule has 0 spiro atoms. The summed E-state index contributed by atoms with van der Waals surface area (Å²) >= 11 is 0. The van der Waals surface area contributed by atoms with E-state index in [1.165, 1.54) is 5.56 Å². The maximum absolute atomic E-state index is 10.7. The molecular formula is C11H18N2O2S. The molecule has 90 valence electrons. The first-order valence-electron chi connectivity index (χ1n) is 5.28. The van der Waals surface area contributed by atoms with E-state index < -0.39 is 10.0 Å². The lowest BCUT2D eigenvalue weighted by Gasteiger charge is -2.13. The predicted octanol–water partition coefficient (Wildman–Crippen LogP) is 1.02. The van der Waals surface area contributed by atoms with Gasteiger partial charge >= 0.3 is 0 Å². The van der Waals surface area contributed by atoms with Crippen LogP contribution in [0.15, 0.2) is 30.3 Å². The first-order valence-corrected chi connectivity index (χ1v) is 6.99. The normalized spacial score (nSPS) is 13.6. The van der Waals surface area contributed by atoms with Crippen LogP contribution in [0.1, 0.15) is 24.9 Å². The Hall–Kier alpha value is -0.910. The molecule has 0 aliphatic carbocycles. The lowest BCUT2D eigenvalue weighted by atomic mass is 10.1. The Kier molecular flexibility index (Phi) is 4.92. The van der Waals surface area contributed by atoms with Crippen molar-refractivity contribution in [2.24, 2.45) is 5.14 Å². The van der Waals surface area contributed by atoms with E-state index in [4.69, 9.17) is 5.14 Å². The molecule has 0 bridgehead atoms. The zero-order valence-corrected chi connectivity index (χ0v) is 10.2. The fourth-order valence-electron chi connectivity index (χ4n) is 1.45. The number of sulfonamides is 1. The third kappa shape index (κ3) is 5.25. The highest BCUT2D eigenvalue weighted by molar-refractivity contribution is 7.89. The van der Waals surface area contributed by atoms with Crippen molar-refractivity contribution in [1.29, 1.82) is 0 Å². The molecular weight excluding hydrogens is 224 g/mol. The van der Waals surface area contributed by atoms with E-state index in [-0.39, 0.29) is 11.8 Å². The number of rotatable bonds is 6. The van der Waals surface area contributed by atoms with Gasteiger partial charge in [-0.1, -0.05) is 30.3 Å². The molecule has 16 heavy (non-hydrogen) atoms. The molecule has 0 aliphatic rings. The van der Waals surface area contributed by atoms with Gasteiger partial charge < -0.3 is 5.32 Å². The Morgan fingerprint density at radius 1 is 1.31 bits per heavy atom. The van der Waals surface area contributed by atoms with Crippen LogP contribution < -0.4 is 10.5 Å². The van der Waals surface area contributed by atoms with Gasteiger partial charge in [0.1, 0.15) is 0 Å². The molecule has 1 rings (SSSR count). The summed E-state index contributed by atoms with van der Waals surface area (Å²) in [5.41, 5.74) is 1.19. The number of nitrogens with one attached hydrogen (secondary N) is 1. The van der Waals surface area contributed by atoms with Crippen LogP contribution in [-0.4, -0.2) is 20.7 Å². The maximum atomic E-state index is 10.7. The van der Waals surface area contributed by atoms with Gasteiger partial charge in [0, 0.05) is 6.04 Å². The number of hydrogen-bond acceptors (Lipinski definition) is 3. The zero-order chi connectivity index (χ0) is 12.0. The number of benzene rings is 1. The van der Waals surface area contributed by atoms with E-state index in [1.807, 2.05) is 37.3 Å². The van der Waals surface area contributed by atoms with Gasteiger partial charge in [-0.3, -0.25) is 0 Å². The lowest BCUT2D eigenvalue weighted by Crippen LogP contribution is -2.24. The Morgan fingerprint density at radius 2 is 1.94 bits per heavy atom. The van der Waals surface area contributed by atoms with Crippen LogP contribution in [0.5, 0.6) is 0 Å². The molecule has 0 amide bonds. The van der Waals surface area contributed by atoms with Gasteiger partial charge in [0.15, 0.2) is 0 Å². The molecule has 0 fully saturated rings. The molecule has 1 unspecified atom stereocenters. The second-order valence-corrected chi connectivity index (χ2v) is 5.54. The highest BCUT2D eigenvalue weighted by Gasteiger charge is 2.05. The average Bonchev–Trinajstić information content (AvgIpc) is 2.24. The molecule has 3 N–H and O–H groups in total. The van der Waals surface area contributed by atoms with Crippen LogP contribution in [0.25, 0.3) is 0 Å². The first-order chi connectivity index (χ1) is 7.49. The molecule has 0 radical (unpaired) electrons. The van der Waals surface area contributed by atoms with Crippen LogP contribution in [0, 0.1) is 0 Å². The van der Waals surface area contributed by atoms with E-state index in [0.717, 1.165) is 0 Å². The van der Waals surface area contributed by atoms with Crippen molar-refractivity contribution in [2.45, 2.75) is 19.4 Å². The second-order valence-electron chi connectivity index (χ2n) is 3.81. The molecule has 0 heterocycles. The van der Waals surface area contributed by atoms with Gasteiger partial charge in [0.25, 0.3) is 0 Å². The summed E-state index contributed by atoms with van der Waals surface area (Å²) in [6.45, 7) is 2.69. The Morgan fingerprint density at radius 3 is 2.50 bits per heavy atom. The van der Waals surface area contributed by atoms with Crippen LogP contribution in [0.3, 0.4) is 0 Å². The fraction of sp³-hybridized carbons (Fsp3) is 0.455. The number of nitrogens with two attached hydrogens (primary N) is 1. The Labute approximate surface area is 96.9 Å². The minimum absolute atomic E-state index is 0.0293. The molecule has 1 atom stereocenters. The summed E-state index contributed by atoms with van der Waals surface area (Å²) in [5, 5.41) is 8.16. The second kappa shape index (κ2) is 5.98. The van der Waals surface area contributed by atoms with Crippen LogP contribution in [-0.2, 0) is 10.0 Å². The van der Waals surface area contributed by atoms with E-state index >= 15 is 0 Å². The fourth-order valence-corrected chi connectivity index (χ4v) is 2.00. The van der Waals surface area contributed by atoms with E-state index in [9.17, 15) is 8.42 Å². The largest absolute Gasteiger partial charge is 0.310 e. The molecule has 4 nitrogen and oxygen atoms in total. The van der Waals surface area contributed by atoms with Gasteiger partial charge in [-0.25, -0.2) is 13.6 Å². The summed E-state index contributed by atoms with van der Waals surface area (Å²) in [5.74, 6) is 0.0293. The standard InChI is InChI=1S/C11H18N2O2S/c1-10(11-6-3-2-4-7-11)13-8-5-9-16(12,14)15/h2-4,6-7,10,13H,5,8-9H2,1H3,(H2,12,14,15). The first kappa shape index (κ1) is 13.2. The van der Waals surface area contributed by atoms with E-state index in [0.29, 0.717) is 13.0 Å². The summed E-state index contributed by atoms with van der Waals surface area (Å²) < 4.78 is 21.4. The van der Waals surface area contributed by atoms with Crippen LogP contribution in [0.2, 0.25) is 0 Å². The van der Waals surface area contributed by atoms with Crippen molar-refractivity contribution in [2.75, 3.05) is 12.3 Å². The van der Waals surface area contributed by atoms with Crippen molar-refractivity contribution < 1.29 is 8.42 Å². The maximum Gasteiger partial charge on any atom is 0.209 e. The number of primary sulfonamides is 1. The molecule has 1 aromatic carbocycles. The minimum Gasteiger partial charge on any atom is -0.310 e. The average molecular weight is 242 g/mol. The van der Waals surface area contributed by atoms with Crippen LogP contribution in [0.4, 0.5) is 0 Å². The molecule has 0 aliphatic heterocycles. The topological polar surface area (TPSA) is 72.2 Å². The molecule has 0 saturated carbocycles. The highest BCUT2D eigenvalue weighted by atomic mass is 32.2. The molecule has 1 aromatic rings. The van der Waals surface area contributed by atoms with Gasteiger partial charge in [0.2, 0.25) is 10.0 Å². The van der Waals surface area contributed by atoms with Crippen molar-refractivity contribution in [1.82, 2.24) is 5.32 Å². The van der Waals surface area contributed by atoms with Crippen molar-refractivity contribution in [3.05, 3.63) is 35.9 Å². The summed E-state index contributed by atoms with van der Waals surface area (Å²) in [6, 6.07) is 10.2. The van der Waals surface area contributed by atoms with Gasteiger partial charge in [-0.15, -0.1) is 0 Å². The summed E-state index contributed by atoms with van der Waals surface area (Å²) in [7, 11) is -3.33. The van der Waals surface area contributed by atoms with E-state index in [2.05, 4.69) is 5.32 Å². The quantitative estimate of drug-likeness (QED) is 0.731. The number of hydrogen-bond donors (Lipinski definition) is 2. The Bertz CT molecular complexity index is 403. The van der Waals surface area contributed by atoms with Gasteiger partial charge in [-0.2, -0.15) is 0 Å². The van der Waals surface area contributed by atoms with Crippen molar-refractivity contribution in [3.8, 4) is 0 Å². The van der Waals surface area contributed by atoms with Gasteiger partial charge in [-0.05, 0) is 25.5 Å². The van der Waals surface area contributed by atoms with E-state index in [1.54, 1.807) is 0 Å². The smallest absolute Gasteiger partial charge is 0.209 e. The monoisotopic (exact) mass is 242 g/mol. The molecule has 5 heteroatoms. The van der Waals surface area contributed by atoms with Crippen molar-refractivity contribution >= 4 is 10.0 Å².